The molecule has 1 aromatic carbocycles. The van der Waals surface area contributed by atoms with Crippen molar-refractivity contribution in [2.24, 2.45) is 0 Å². The summed E-state index contributed by atoms with van der Waals surface area (Å²) in [6, 6.07) is 7.14. The Balaban J connectivity index is 2.73. The van der Waals surface area contributed by atoms with Gasteiger partial charge in [0, 0.05) is 4.47 Å². The zero-order valence-electron chi connectivity index (χ0n) is 7.83. The molecule has 2 N–H and O–H groups in total. The third-order valence-corrected chi connectivity index (χ3v) is 2.26. The van der Waals surface area contributed by atoms with E-state index in [1.807, 2.05) is 12.1 Å². The first kappa shape index (κ1) is 11.2. The van der Waals surface area contributed by atoms with Gasteiger partial charge in [0.1, 0.15) is 0 Å². The van der Waals surface area contributed by atoms with E-state index in [9.17, 15) is 5.11 Å². The topological polar surface area (TPSA) is 53.3 Å². The predicted octanol–water partition coefficient (Wildman–Crippen LogP) is 2.50. The summed E-state index contributed by atoms with van der Waals surface area (Å²) < 4.78 is 5.85. The number of halogens is 1. The maximum absolute atomic E-state index is 9.65. The maximum atomic E-state index is 9.65. The molecule has 0 saturated heterocycles. The number of benzene rings is 1. The van der Waals surface area contributed by atoms with Gasteiger partial charge in [0.2, 0.25) is 5.90 Å². The normalized spacial score (nSPS) is 12.2. The van der Waals surface area contributed by atoms with E-state index in [0.717, 1.165) is 4.47 Å². The minimum atomic E-state index is -0.969. The molecule has 0 aromatic heterocycles. The summed E-state index contributed by atoms with van der Waals surface area (Å²) in [7, 11) is 0. The van der Waals surface area contributed by atoms with Gasteiger partial charge in [-0.15, -0.1) is 0 Å². The standard InChI is InChI=1S/C10H12BrNO2/c1-2-14-10(12)9(13)7-3-5-8(11)6-4-7/h3-6,9,12-13H,2H2,1H3/t9-/m1/s1. The minimum absolute atomic E-state index is 0.116. The van der Waals surface area contributed by atoms with Gasteiger partial charge in [0.25, 0.3) is 0 Å². The molecule has 0 radical (unpaired) electrons. The summed E-state index contributed by atoms with van der Waals surface area (Å²) in [6.45, 7) is 2.18. The molecule has 0 spiro atoms. The third kappa shape index (κ3) is 2.82. The van der Waals surface area contributed by atoms with Crippen LogP contribution >= 0.6 is 15.9 Å². The van der Waals surface area contributed by atoms with Gasteiger partial charge >= 0.3 is 0 Å². The first-order valence-electron chi connectivity index (χ1n) is 4.30. The van der Waals surface area contributed by atoms with Gasteiger partial charge in [0.15, 0.2) is 6.10 Å². The molecule has 1 aromatic rings. The van der Waals surface area contributed by atoms with Crippen LogP contribution in [0.5, 0.6) is 0 Å². The van der Waals surface area contributed by atoms with Crippen LogP contribution in [0.3, 0.4) is 0 Å². The summed E-state index contributed by atoms with van der Waals surface area (Å²) in [5.41, 5.74) is 0.659. The molecule has 0 aliphatic carbocycles. The van der Waals surface area contributed by atoms with Crippen molar-refractivity contribution < 1.29 is 9.84 Å². The Morgan fingerprint density at radius 2 is 2.07 bits per heavy atom. The second kappa shape index (κ2) is 5.12. The third-order valence-electron chi connectivity index (χ3n) is 1.73. The molecule has 0 aliphatic heterocycles. The lowest BCUT2D eigenvalue weighted by Gasteiger charge is -2.12. The van der Waals surface area contributed by atoms with Crippen LogP contribution in [0.1, 0.15) is 18.6 Å². The van der Waals surface area contributed by atoms with Crippen LogP contribution < -0.4 is 0 Å². The van der Waals surface area contributed by atoms with Gasteiger partial charge in [0.05, 0.1) is 6.61 Å². The Labute approximate surface area is 91.4 Å². The SMILES string of the molecule is CCOC(=N)[C@H](O)c1ccc(Br)cc1. The van der Waals surface area contributed by atoms with Crippen molar-refractivity contribution in [3.05, 3.63) is 34.3 Å². The molecule has 4 heteroatoms. The Kier molecular flexibility index (Phi) is 4.10. The number of nitrogens with one attached hydrogen (secondary N) is 1. The molecule has 0 amide bonds. The largest absolute Gasteiger partial charge is 0.479 e. The number of hydrogen-bond donors (Lipinski definition) is 2. The highest BCUT2D eigenvalue weighted by atomic mass is 79.9. The zero-order chi connectivity index (χ0) is 10.6. The smallest absolute Gasteiger partial charge is 0.214 e. The van der Waals surface area contributed by atoms with E-state index in [1.54, 1.807) is 19.1 Å². The van der Waals surface area contributed by atoms with Gasteiger partial charge in [-0.05, 0) is 24.6 Å². The van der Waals surface area contributed by atoms with Crippen LogP contribution in [0.4, 0.5) is 0 Å². The fourth-order valence-electron chi connectivity index (χ4n) is 1.03. The van der Waals surface area contributed by atoms with Crippen LogP contribution in [0.15, 0.2) is 28.7 Å². The van der Waals surface area contributed by atoms with Gasteiger partial charge < -0.3 is 9.84 Å². The number of ether oxygens (including phenoxy) is 1. The van der Waals surface area contributed by atoms with Crippen LogP contribution in [0.2, 0.25) is 0 Å². The Morgan fingerprint density at radius 1 is 1.50 bits per heavy atom. The molecule has 0 saturated carbocycles. The van der Waals surface area contributed by atoms with Crippen molar-refractivity contribution in [1.29, 1.82) is 5.41 Å². The Bertz CT molecular complexity index is 310. The molecular weight excluding hydrogens is 246 g/mol. The predicted molar refractivity (Wildman–Crippen MR) is 58.5 cm³/mol. The monoisotopic (exact) mass is 257 g/mol. The second-order valence-electron chi connectivity index (χ2n) is 2.75. The minimum Gasteiger partial charge on any atom is -0.479 e. The quantitative estimate of drug-likeness (QED) is 0.646. The highest BCUT2D eigenvalue weighted by Crippen LogP contribution is 2.17. The Hall–Kier alpha value is -0.870. The van der Waals surface area contributed by atoms with Gasteiger partial charge in [-0.1, -0.05) is 28.1 Å². The van der Waals surface area contributed by atoms with E-state index in [-0.39, 0.29) is 5.90 Å². The molecule has 0 heterocycles. The summed E-state index contributed by atoms with van der Waals surface area (Å²) in [5, 5.41) is 17.0. The molecule has 0 fully saturated rings. The summed E-state index contributed by atoms with van der Waals surface area (Å²) in [5.74, 6) is -0.116. The number of aliphatic hydroxyl groups is 1. The number of aliphatic hydroxyl groups excluding tert-OH is 1. The first-order valence-corrected chi connectivity index (χ1v) is 5.09. The lowest BCUT2D eigenvalue weighted by Crippen LogP contribution is -2.14. The highest BCUT2D eigenvalue weighted by molar-refractivity contribution is 9.10. The van der Waals surface area contributed by atoms with Gasteiger partial charge in [-0.3, -0.25) is 5.41 Å². The van der Waals surface area contributed by atoms with Gasteiger partial charge in [-0.25, -0.2) is 0 Å². The van der Waals surface area contributed by atoms with E-state index in [4.69, 9.17) is 10.1 Å². The number of rotatable bonds is 3. The lowest BCUT2D eigenvalue weighted by molar-refractivity contribution is 0.190. The average Bonchev–Trinajstić information content (AvgIpc) is 2.18. The van der Waals surface area contributed by atoms with E-state index in [1.165, 1.54) is 0 Å². The van der Waals surface area contributed by atoms with Crippen molar-refractivity contribution in [3.8, 4) is 0 Å². The summed E-state index contributed by atoms with van der Waals surface area (Å²) in [4.78, 5) is 0. The first-order chi connectivity index (χ1) is 6.65. The van der Waals surface area contributed by atoms with Crippen LogP contribution in [-0.4, -0.2) is 17.6 Å². The summed E-state index contributed by atoms with van der Waals surface area (Å²) >= 11 is 3.30. The highest BCUT2D eigenvalue weighted by Gasteiger charge is 2.13. The van der Waals surface area contributed by atoms with Crippen molar-refractivity contribution in [2.75, 3.05) is 6.61 Å². The molecular formula is C10H12BrNO2. The molecule has 1 atom stereocenters. The average molecular weight is 258 g/mol. The van der Waals surface area contributed by atoms with Crippen LogP contribution in [0, 0.1) is 5.41 Å². The van der Waals surface area contributed by atoms with E-state index >= 15 is 0 Å². The van der Waals surface area contributed by atoms with E-state index < -0.39 is 6.10 Å². The Morgan fingerprint density at radius 3 is 2.57 bits per heavy atom. The van der Waals surface area contributed by atoms with Crippen molar-refractivity contribution in [3.63, 3.8) is 0 Å². The molecule has 1 rings (SSSR count). The molecule has 0 unspecified atom stereocenters. The fraction of sp³-hybridized carbons (Fsp3) is 0.300. The molecule has 3 nitrogen and oxygen atoms in total. The molecule has 76 valence electrons. The molecule has 0 aliphatic rings. The maximum Gasteiger partial charge on any atom is 0.214 e. The van der Waals surface area contributed by atoms with Crippen molar-refractivity contribution in [2.45, 2.75) is 13.0 Å². The van der Waals surface area contributed by atoms with Crippen LogP contribution in [-0.2, 0) is 4.74 Å². The summed E-state index contributed by atoms with van der Waals surface area (Å²) in [6.07, 6.45) is -0.969. The van der Waals surface area contributed by atoms with Gasteiger partial charge in [-0.2, -0.15) is 0 Å². The van der Waals surface area contributed by atoms with Crippen LogP contribution in [0.25, 0.3) is 0 Å². The molecule has 14 heavy (non-hydrogen) atoms. The molecule has 0 bridgehead atoms. The zero-order valence-corrected chi connectivity index (χ0v) is 9.41. The van der Waals surface area contributed by atoms with E-state index in [0.29, 0.717) is 12.2 Å². The number of hydrogen-bond acceptors (Lipinski definition) is 3. The second-order valence-corrected chi connectivity index (χ2v) is 3.67. The van der Waals surface area contributed by atoms with Crippen molar-refractivity contribution in [1.82, 2.24) is 0 Å². The van der Waals surface area contributed by atoms with E-state index in [2.05, 4.69) is 15.9 Å². The van der Waals surface area contributed by atoms with Crippen molar-refractivity contribution >= 4 is 21.8 Å². The lowest BCUT2D eigenvalue weighted by atomic mass is 10.1. The fourth-order valence-corrected chi connectivity index (χ4v) is 1.30.